The fourth-order valence-electron chi connectivity index (χ4n) is 1.40. The predicted molar refractivity (Wildman–Crippen MR) is 64.9 cm³/mol. The Labute approximate surface area is 108 Å². The lowest BCUT2D eigenvalue weighted by atomic mass is 10.3. The van der Waals surface area contributed by atoms with E-state index in [2.05, 4.69) is 5.10 Å². The van der Waals surface area contributed by atoms with E-state index in [0.717, 1.165) is 0 Å². The van der Waals surface area contributed by atoms with Crippen LogP contribution in [0, 0.1) is 11.3 Å². The maximum absolute atomic E-state index is 8.73. The molecule has 0 radical (unpaired) electrons. The molecule has 0 saturated heterocycles. The smallest absolute Gasteiger partial charge is 0.158 e. The average molecular weight is 268 g/mol. The van der Waals surface area contributed by atoms with Crippen molar-refractivity contribution in [3.05, 3.63) is 40.1 Å². The molecule has 1 heterocycles. The number of hydrogen-bond acceptors (Lipinski definition) is 3. The SMILES string of the molecule is COc1c(Cl)ccc(-n2cc(C#N)cn2)c1Cl. The van der Waals surface area contributed by atoms with Gasteiger partial charge in [0, 0.05) is 6.20 Å². The summed E-state index contributed by atoms with van der Waals surface area (Å²) in [6.45, 7) is 0. The zero-order valence-corrected chi connectivity index (χ0v) is 10.3. The maximum atomic E-state index is 8.73. The zero-order valence-electron chi connectivity index (χ0n) is 8.82. The molecule has 0 bridgehead atoms. The highest BCUT2D eigenvalue weighted by Gasteiger charge is 2.13. The topological polar surface area (TPSA) is 50.8 Å². The Kier molecular flexibility index (Phi) is 3.23. The minimum atomic E-state index is 0.354. The van der Waals surface area contributed by atoms with Crippen LogP contribution in [0.15, 0.2) is 24.5 Å². The first-order valence-corrected chi connectivity index (χ1v) is 5.40. The molecule has 0 atom stereocenters. The lowest BCUT2D eigenvalue weighted by Gasteiger charge is -2.10. The molecule has 0 fully saturated rings. The number of benzene rings is 1. The van der Waals surface area contributed by atoms with Gasteiger partial charge in [0.2, 0.25) is 0 Å². The third-order valence-corrected chi connectivity index (χ3v) is 2.85. The van der Waals surface area contributed by atoms with Crippen LogP contribution in [0.1, 0.15) is 5.56 Å². The number of ether oxygens (including phenoxy) is 1. The van der Waals surface area contributed by atoms with Gasteiger partial charge < -0.3 is 4.74 Å². The molecule has 0 aliphatic carbocycles. The van der Waals surface area contributed by atoms with Crippen molar-refractivity contribution in [3.8, 4) is 17.5 Å². The monoisotopic (exact) mass is 267 g/mol. The number of aromatic nitrogens is 2. The molecular weight excluding hydrogens is 261 g/mol. The summed E-state index contributed by atoms with van der Waals surface area (Å²) < 4.78 is 6.60. The van der Waals surface area contributed by atoms with E-state index >= 15 is 0 Å². The molecule has 1 aromatic carbocycles. The zero-order chi connectivity index (χ0) is 12.4. The highest BCUT2D eigenvalue weighted by atomic mass is 35.5. The van der Waals surface area contributed by atoms with Crippen molar-refractivity contribution in [1.82, 2.24) is 9.78 Å². The number of methoxy groups -OCH3 is 1. The molecule has 0 amide bonds. The normalized spacial score (nSPS) is 10.0. The van der Waals surface area contributed by atoms with E-state index in [1.165, 1.54) is 18.0 Å². The standard InChI is InChI=1S/C11H7Cl2N3O/c1-17-11-8(12)2-3-9(10(11)13)16-6-7(4-14)5-15-16/h2-3,5-6H,1H3. The maximum Gasteiger partial charge on any atom is 0.158 e. The van der Waals surface area contributed by atoms with E-state index in [-0.39, 0.29) is 0 Å². The van der Waals surface area contributed by atoms with Gasteiger partial charge in [0.15, 0.2) is 5.75 Å². The fourth-order valence-corrected chi connectivity index (χ4v) is 2.01. The van der Waals surface area contributed by atoms with Crippen molar-refractivity contribution in [2.24, 2.45) is 0 Å². The predicted octanol–water partition coefficient (Wildman–Crippen LogP) is 3.06. The van der Waals surface area contributed by atoms with Crippen molar-refractivity contribution in [2.75, 3.05) is 7.11 Å². The Morgan fingerprint density at radius 1 is 1.41 bits per heavy atom. The van der Waals surface area contributed by atoms with Gasteiger partial charge in [-0.1, -0.05) is 23.2 Å². The van der Waals surface area contributed by atoms with Crippen molar-refractivity contribution in [3.63, 3.8) is 0 Å². The second-order valence-corrected chi connectivity index (χ2v) is 3.98. The number of rotatable bonds is 2. The van der Waals surface area contributed by atoms with Crippen LogP contribution in [-0.2, 0) is 0 Å². The summed E-state index contributed by atoms with van der Waals surface area (Å²) in [4.78, 5) is 0. The van der Waals surface area contributed by atoms with Crippen LogP contribution in [0.2, 0.25) is 10.0 Å². The fraction of sp³-hybridized carbons (Fsp3) is 0.0909. The molecule has 2 aromatic rings. The first-order chi connectivity index (χ1) is 8.17. The highest BCUT2D eigenvalue weighted by molar-refractivity contribution is 6.38. The third kappa shape index (κ3) is 2.07. The molecular formula is C11H7Cl2N3O. The Bertz CT molecular complexity index is 601. The van der Waals surface area contributed by atoms with E-state index in [4.69, 9.17) is 33.2 Å². The van der Waals surface area contributed by atoms with E-state index in [1.807, 2.05) is 6.07 Å². The van der Waals surface area contributed by atoms with Crippen LogP contribution in [-0.4, -0.2) is 16.9 Å². The third-order valence-electron chi connectivity index (χ3n) is 2.19. The van der Waals surface area contributed by atoms with Crippen LogP contribution in [0.5, 0.6) is 5.75 Å². The first-order valence-electron chi connectivity index (χ1n) is 4.64. The van der Waals surface area contributed by atoms with Gasteiger partial charge in [0.1, 0.15) is 11.1 Å². The molecule has 0 spiro atoms. The van der Waals surface area contributed by atoms with Gasteiger partial charge >= 0.3 is 0 Å². The summed E-state index contributed by atoms with van der Waals surface area (Å²) in [7, 11) is 1.49. The first kappa shape index (κ1) is 11.8. The summed E-state index contributed by atoms with van der Waals surface area (Å²) in [6.07, 6.45) is 3.03. The van der Waals surface area contributed by atoms with Crippen LogP contribution in [0.25, 0.3) is 5.69 Å². The Morgan fingerprint density at radius 2 is 2.18 bits per heavy atom. The molecule has 0 aliphatic heterocycles. The molecule has 86 valence electrons. The number of hydrogen-bond donors (Lipinski definition) is 0. The number of nitrogens with zero attached hydrogens (tertiary/aromatic N) is 3. The van der Waals surface area contributed by atoms with Crippen LogP contribution in [0.4, 0.5) is 0 Å². The van der Waals surface area contributed by atoms with Gasteiger partial charge in [0.05, 0.1) is 29.6 Å². The van der Waals surface area contributed by atoms with Crippen molar-refractivity contribution in [1.29, 1.82) is 5.26 Å². The van der Waals surface area contributed by atoms with Gasteiger partial charge in [0.25, 0.3) is 0 Å². The quantitative estimate of drug-likeness (QED) is 0.841. The van der Waals surface area contributed by atoms with E-state index in [9.17, 15) is 0 Å². The Hall–Kier alpha value is -1.70. The van der Waals surface area contributed by atoms with E-state index in [0.29, 0.717) is 27.0 Å². The lowest BCUT2D eigenvalue weighted by molar-refractivity contribution is 0.415. The molecule has 1 aromatic heterocycles. The molecule has 2 rings (SSSR count). The minimum absolute atomic E-state index is 0.354. The van der Waals surface area contributed by atoms with Gasteiger partial charge in [-0.05, 0) is 12.1 Å². The molecule has 0 saturated carbocycles. The van der Waals surface area contributed by atoms with Crippen LogP contribution < -0.4 is 4.74 Å². The van der Waals surface area contributed by atoms with Gasteiger partial charge in [-0.3, -0.25) is 0 Å². The summed E-state index contributed by atoms with van der Waals surface area (Å²) >= 11 is 12.1. The van der Waals surface area contributed by atoms with Crippen molar-refractivity contribution in [2.45, 2.75) is 0 Å². The van der Waals surface area contributed by atoms with Gasteiger partial charge in [-0.15, -0.1) is 0 Å². The van der Waals surface area contributed by atoms with Gasteiger partial charge in [-0.25, -0.2) is 4.68 Å². The second-order valence-electron chi connectivity index (χ2n) is 3.20. The largest absolute Gasteiger partial charge is 0.494 e. The van der Waals surface area contributed by atoms with Crippen molar-refractivity contribution >= 4 is 23.2 Å². The molecule has 6 heteroatoms. The van der Waals surface area contributed by atoms with Crippen molar-refractivity contribution < 1.29 is 4.74 Å². The lowest BCUT2D eigenvalue weighted by Crippen LogP contribution is -1.97. The number of nitriles is 1. The molecule has 0 aliphatic rings. The minimum Gasteiger partial charge on any atom is -0.494 e. The summed E-state index contributed by atoms with van der Waals surface area (Å²) in [5.41, 5.74) is 1.06. The molecule has 4 nitrogen and oxygen atoms in total. The highest BCUT2D eigenvalue weighted by Crippen LogP contribution is 2.36. The summed E-state index contributed by atoms with van der Waals surface area (Å²) in [5, 5.41) is 13.5. The Balaban J connectivity index is 2.57. The number of halogens is 2. The second kappa shape index (κ2) is 4.66. The van der Waals surface area contributed by atoms with Crippen LogP contribution >= 0.6 is 23.2 Å². The Morgan fingerprint density at radius 3 is 2.76 bits per heavy atom. The van der Waals surface area contributed by atoms with Gasteiger partial charge in [-0.2, -0.15) is 10.4 Å². The molecule has 17 heavy (non-hydrogen) atoms. The molecule has 0 unspecified atom stereocenters. The van der Waals surface area contributed by atoms with Crippen LogP contribution in [0.3, 0.4) is 0 Å². The average Bonchev–Trinajstić information content (AvgIpc) is 2.78. The van der Waals surface area contributed by atoms with E-state index < -0.39 is 0 Å². The molecule has 0 N–H and O–H groups in total. The summed E-state index contributed by atoms with van der Waals surface area (Å²) in [6, 6.07) is 5.36. The van der Waals surface area contributed by atoms with E-state index in [1.54, 1.807) is 18.3 Å². The summed E-state index contributed by atoms with van der Waals surface area (Å²) in [5.74, 6) is 0.389.